The van der Waals surface area contributed by atoms with Crippen LogP contribution in [0.2, 0.25) is 0 Å². The largest absolute Gasteiger partial charge is 0.480 e. The molecule has 0 unspecified atom stereocenters. The van der Waals surface area contributed by atoms with Crippen LogP contribution in [0.5, 0.6) is 5.88 Å². The predicted octanol–water partition coefficient (Wildman–Crippen LogP) is 1.75. The molecule has 0 aliphatic rings. The first kappa shape index (κ1) is 8.97. The molecule has 0 aromatic carbocycles. The Balaban J connectivity index is 2.95. The molecule has 0 N–H and O–H groups in total. The Morgan fingerprint density at radius 2 is 2.17 bits per heavy atom. The lowest BCUT2D eigenvalue weighted by Gasteiger charge is -2.04. The summed E-state index contributed by atoms with van der Waals surface area (Å²) in [5.41, 5.74) is 2.09. The van der Waals surface area contributed by atoms with Gasteiger partial charge in [-0.25, -0.2) is 0 Å². The van der Waals surface area contributed by atoms with Gasteiger partial charge in [-0.15, -0.1) is 5.10 Å². The molecule has 3 nitrogen and oxygen atoms in total. The second-order valence-electron chi connectivity index (χ2n) is 2.77. The molecule has 0 fully saturated rings. The lowest BCUT2D eigenvalue weighted by molar-refractivity contribution is 0.385. The average Bonchev–Trinajstić information content (AvgIpc) is 2.05. The molecule has 0 radical (unpaired) electrons. The molecule has 0 aliphatic heterocycles. The van der Waals surface area contributed by atoms with Gasteiger partial charge in [-0.05, 0) is 19.4 Å². The maximum absolute atomic E-state index is 5.08. The second-order valence-corrected chi connectivity index (χ2v) is 2.77. The van der Waals surface area contributed by atoms with Crippen LogP contribution in [0.1, 0.15) is 24.6 Å². The number of nitrogens with zero attached hydrogens (tertiary/aromatic N) is 2. The molecule has 0 aliphatic carbocycles. The zero-order valence-corrected chi connectivity index (χ0v) is 7.79. The van der Waals surface area contributed by atoms with E-state index < -0.39 is 0 Å². The quantitative estimate of drug-likeness (QED) is 0.686. The summed E-state index contributed by atoms with van der Waals surface area (Å²) in [6, 6.07) is 2.02. The van der Waals surface area contributed by atoms with Crippen molar-refractivity contribution in [1.82, 2.24) is 10.2 Å². The third-order valence-corrected chi connectivity index (χ3v) is 1.67. The molecular formula is C9H14N2O. The minimum atomic E-state index is 0.655. The zero-order chi connectivity index (χ0) is 8.97. The van der Waals surface area contributed by atoms with Crippen LogP contribution < -0.4 is 4.74 Å². The van der Waals surface area contributed by atoms with Gasteiger partial charge in [0, 0.05) is 5.56 Å². The third-order valence-electron chi connectivity index (χ3n) is 1.67. The monoisotopic (exact) mass is 166 g/mol. The zero-order valence-electron chi connectivity index (χ0n) is 7.79. The fraction of sp³-hybridized carbons (Fsp3) is 0.556. The fourth-order valence-electron chi connectivity index (χ4n) is 1.15. The van der Waals surface area contributed by atoms with Crippen LogP contribution in [-0.4, -0.2) is 17.3 Å². The van der Waals surface area contributed by atoms with E-state index in [0.717, 1.165) is 24.1 Å². The summed E-state index contributed by atoms with van der Waals surface area (Å²) in [4.78, 5) is 0. The van der Waals surface area contributed by atoms with Crippen molar-refractivity contribution in [3.05, 3.63) is 17.3 Å². The van der Waals surface area contributed by atoms with Gasteiger partial charge in [0.2, 0.25) is 5.88 Å². The highest BCUT2D eigenvalue weighted by molar-refractivity contribution is 5.25. The van der Waals surface area contributed by atoms with Gasteiger partial charge in [0.05, 0.1) is 12.8 Å². The van der Waals surface area contributed by atoms with Crippen LogP contribution in [0.25, 0.3) is 0 Å². The Hall–Kier alpha value is -1.12. The van der Waals surface area contributed by atoms with Crippen molar-refractivity contribution in [3.63, 3.8) is 0 Å². The molecule has 0 bridgehead atoms. The number of aromatic nitrogens is 2. The minimum Gasteiger partial charge on any atom is -0.480 e. The summed E-state index contributed by atoms with van der Waals surface area (Å²) in [5.74, 6) is 0.655. The van der Waals surface area contributed by atoms with Gasteiger partial charge in [0.15, 0.2) is 0 Å². The molecule has 1 rings (SSSR count). The molecule has 1 heterocycles. The highest BCUT2D eigenvalue weighted by atomic mass is 16.5. The maximum atomic E-state index is 5.08. The Morgan fingerprint density at radius 3 is 2.75 bits per heavy atom. The van der Waals surface area contributed by atoms with Gasteiger partial charge in [0.25, 0.3) is 0 Å². The van der Waals surface area contributed by atoms with E-state index in [1.54, 1.807) is 7.11 Å². The maximum Gasteiger partial charge on any atom is 0.236 e. The van der Waals surface area contributed by atoms with E-state index in [4.69, 9.17) is 4.74 Å². The SMILES string of the molecule is CCCc1cc(C)nnc1OC. The van der Waals surface area contributed by atoms with Crippen LogP contribution in [-0.2, 0) is 6.42 Å². The van der Waals surface area contributed by atoms with E-state index in [2.05, 4.69) is 17.1 Å². The molecular weight excluding hydrogens is 152 g/mol. The lowest BCUT2D eigenvalue weighted by atomic mass is 10.1. The Kier molecular flexibility index (Phi) is 3.02. The molecule has 0 atom stereocenters. The van der Waals surface area contributed by atoms with Crippen LogP contribution in [0.4, 0.5) is 0 Å². The molecule has 1 aromatic heterocycles. The van der Waals surface area contributed by atoms with E-state index in [-0.39, 0.29) is 0 Å². The van der Waals surface area contributed by atoms with E-state index in [1.165, 1.54) is 0 Å². The molecule has 0 amide bonds. The third kappa shape index (κ3) is 1.94. The lowest BCUT2D eigenvalue weighted by Crippen LogP contribution is -1.98. The molecule has 1 aromatic rings. The highest BCUT2D eigenvalue weighted by Crippen LogP contribution is 2.15. The number of rotatable bonds is 3. The van der Waals surface area contributed by atoms with Crippen LogP contribution >= 0.6 is 0 Å². The average molecular weight is 166 g/mol. The molecule has 3 heteroatoms. The standard InChI is InChI=1S/C9H14N2O/c1-4-5-8-6-7(2)10-11-9(8)12-3/h6H,4-5H2,1-3H3. The van der Waals surface area contributed by atoms with Crippen molar-refractivity contribution < 1.29 is 4.74 Å². The van der Waals surface area contributed by atoms with Gasteiger partial charge < -0.3 is 4.74 Å². The summed E-state index contributed by atoms with van der Waals surface area (Å²) in [5, 5.41) is 7.86. The Bertz CT molecular complexity index is 261. The van der Waals surface area contributed by atoms with Crippen molar-refractivity contribution in [1.29, 1.82) is 0 Å². The molecule has 0 saturated heterocycles. The molecule has 0 spiro atoms. The number of methoxy groups -OCH3 is 1. The Labute approximate surface area is 72.8 Å². The number of aryl methyl sites for hydroxylation is 2. The van der Waals surface area contributed by atoms with Crippen molar-refractivity contribution in [2.45, 2.75) is 26.7 Å². The van der Waals surface area contributed by atoms with Crippen LogP contribution in [0.15, 0.2) is 6.07 Å². The first-order chi connectivity index (χ1) is 5.77. The normalized spacial score (nSPS) is 9.92. The second kappa shape index (κ2) is 4.04. The van der Waals surface area contributed by atoms with Gasteiger partial charge in [0.1, 0.15) is 0 Å². The first-order valence-corrected chi connectivity index (χ1v) is 4.15. The van der Waals surface area contributed by atoms with Crippen molar-refractivity contribution in [2.75, 3.05) is 7.11 Å². The van der Waals surface area contributed by atoms with Crippen LogP contribution in [0.3, 0.4) is 0 Å². The summed E-state index contributed by atoms with van der Waals surface area (Å²) in [6.07, 6.45) is 2.10. The molecule has 0 saturated carbocycles. The molecule has 66 valence electrons. The van der Waals surface area contributed by atoms with Crippen molar-refractivity contribution in [3.8, 4) is 5.88 Å². The van der Waals surface area contributed by atoms with Crippen molar-refractivity contribution in [2.24, 2.45) is 0 Å². The summed E-state index contributed by atoms with van der Waals surface area (Å²) < 4.78 is 5.08. The van der Waals surface area contributed by atoms with Gasteiger partial charge in [-0.2, -0.15) is 5.10 Å². The highest BCUT2D eigenvalue weighted by Gasteiger charge is 2.03. The van der Waals surface area contributed by atoms with Gasteiger partial charge in [-0.3, -0.25) is 0 Å². The smallest absolute Gasteiger partial charge is 0.236 e. The Morgan fingerprint density at radius 1 is 1.42 bits per heavy atom. The first-order valence-electron chi connectivity index (χ1n) is 4.15. The number of hydrogen-bond acceptors (Lipinski definition) is 3. The van der Waals surface area contributed by atoms with Crippen LogP contribution in [0, 0.1) is 6.92 Å². The van der Waals surface area contributed by atoms with E-state index >= 15 is 0 Å². The van der Waals surface area contributed by atoms with E-state index in [9.17, 15) is 0 Å². The topological polar surface area (TPSA) is 35.0 Å². The van der Waals surface area contributed by atoms with E-state index in [0.29, 0.717) is 5.88 Å². The number of hydrogen-bond donors (Lipinski definition) is 0. The summed E-state index contributed by atoms with van der Waals surface area (Å²) in [6.45, 7) is 4.07. The van der Waals surface area contributed by atoms with Gasteiger partial charge >= 0.3 is 0 Å². The fourth-order valence-corrected chi connectivity index (χ4v) is 1.15. The molecule has 12 heavy (non-hydrogen) atoms. The van der Waals surface area contributed by atoms with Gasteiger partial charge in [-0.1, -0.05) is 13.3 Å². The number of ether oxygens (including phenoxy) is 1. The minimum absolute atomic E-state index is 0.655. The summed E-state index contributed by atoms with van der Waals surface area (Å²) in [7, 11) is 1.62. The summed E-state index contributed by atoms with van der Waals surface area (Å²) >= 11 is 0. The predicted molar refractivity (Wildman–Crippen MR) is 47.3 cm³/mol. The van der Waals surface area contributed by atoms with E-state index in [1.807, 2.05) is 13.0 Å². The van der Waals surface area contributed by atoms with Crippen molar-refractivity contribution >= 4 is 0 Å².